The molecule has 2 nitrogen and oxygen atoms in total. The van der Waals surface area contributed by atoms with E-state index in [-0.39, 0.29) is 11.7 Å². The van der Waals surface area contributed by atoms with Crippen LogP contribution in [0.15, 0.2) is 30.3 Å². The van der Waals surface area contributed by atoms with Gasteiger partial charge >= 0.3 is 0 Å². The highest BCUT2D eigenvalue weighted by Crippen LogP contribution is 2.39. The molecule has 1 aliphatic rings. The highest BCUT2D eigenvalue weighted by molar-refractivity contribution is 5.32. The Morgan fingerprint density at radius 1 is 1.00 bits per heavy atom. The first kappa shape index (κ1) is 21.7. The molecule has 29 heavy (non-hydrogen) atoms. The molecule has 2 N–H and O–H groups in total. The molecule has 0 radical (unpaired) electrons. The van der Waals surface area contributed by atoms with E-state index in [1.165, 1.54) is 18.2 Å². The van der Waals surface area contributed by atoms with Crippen LogP contribution in [0, 0.1) is 23.4 Å². The predicted molar refractivity (Wildman–Crippen MR) is 107 cm³/mol. The molecular weight excluding hydrogens is 377 g/mol. The number of halogens is 3. The summed E-state index contributed by atoms with van der Waals surface area (Å²) in [7, 11) is 0. The molecule has 0 spiro atoms. The van der Waals surface area contributed by atoms with Crippen molar-refractivity contribution in [2.24, 2.45) is 5.92 Å². The topological polar surface area (TPSA) is 40.5 Å². The zero-order valence-electron chi connectivity index (χ0n) is 16.8. The van der Waals surface area contributed by atoms with E-state index in [0.29, 0.717) is 35.4 Å². The van der Waals surface area contributed by atoms with E-state index in [1.54, 1.807) is 12.1 Å². The number of rotatable bonds is 7. The highest BCUT2D eigenvalue weighted by Gasteiger charge is 2.26. The molecular formula is C24H29F3O2. The van der Waals surface area contributed by atoms with Gasteiger partial charge in [-0.3, -0.25) is 0 Å². The summed E-state index contributed by atoms with van der Waals surface area (Å²) in [4.78, 5) is 0. The fourth-order valence-electron chi connectivity index (χ4n) is 4.40. The van der Waals surface area contributed by atoms with Crippen molar-refractivity contribution in [3.63, 3.8) is 0 Å². The molecule has 0 amide bonds. The van der Waals surface area contributed by atoms with E-state index >= 15 is 0 Å². The zero-order chi connectivity index (χ0) is 21.0. The molecule has 2 aromatic rings. The fraction of sp³-hybridized carbons (Fsp3) is 0.500. The maximum Gasteiger partial charge on any atom is 0.200 e. The SMILES string of the molecule is CCCC(O)c1ccc(CCC2CCC(c3ccc(O)c(F)c3F)CC2)c(F)c1. The third-order valence-corrected chi connectivity index (χ3v) is 6.22. The van der Waals surface area contributed by atoms with Gasteiger partial charge in [0.05, 0.1) is 6.10 Å². The smallest absolute Gasteiger partial charge is 0.200 e. The Bertz CT molecular complexity index is 829. The molecule has 1 atom stereocenters. The summed E-state index contributed by atoms with van der Waals surface area (Å²) in [5.74, 6) is -2.66. The Kier molecular flexibility index (Phi) is 7.23. The lowest BCUT2D eigenvalue weighted by atomic mass is 9.76. The van der Waals surface area contributed by atoms with Gasteiger partial charge in [0.2, 0.25) is 5.82 Å². The fourth-order valence-corrected chi connectivity index (χ4v) is 4.40. The number of benzene rings is 2. The predicted octanol–water partition coefficient (Wildman–Crippen LogP) is 6.55. The maximum atomic E-state index is 14.4. The normalized spacial score (nSPS) is 20.6. The number of aryl methyl sites for hydroxylation is 1. The quantitative estimate of drug-likeness (QED) is 0.547. The number of aliphatic hydroxyl groups is 1. The van der Waals surface area contributed by atoms with Crippen LogP contribution in [0.2, 0.25) is 0 Å². The monoisotopic (exact) mass is 406 g/mol. The summed E-state index contributed by atoms with van der Waals surface area (Å²) in [5.41, 5.74) is 1.62. The Labute approximate surface area is 170 Å². The van der Waals surface area contributed by atoms with Crippen molar-refractivity contribution in [3.8, 4) is 5.75 Å². The first-order chi connectivity index (χ1) is 13.9. The van der Waals surface area contributed by atoms with Crippen LogP contribution in [0.4, 0.5) is 13.2 Å². The van der Waals surface area contributed by atoms with Crippen LogP contribution in [0.3, 0.4) is 0 Å². The first-order valence-corrected chi connectivity index (χ1v) is 10.5. The summed E-state index contributed by atoms with van der Waals surface area (Å²) in [6, 6.07) is 7.70. The summed E-state index contributed by atoms with van der Waals surface area (Å²) in [6.07, 6.45) is 5.63. The summed E-state index contributed by atoms with van der Waals surface area (Å²) >= 11 is 0. The first-order valence-electron chi connectivity index (χ1n) is 10.5. The van der Waals surface area contributed by atoms with Gasteiger partial charge < -0.3 is 10.2 Å². The molecule has 3 rings (SSSR count). The van der Waals surface area contributed by atoms with Crippen LogP contribution >= 0.6 is 0 Å². The number of phenols is 1. The largest absolute Gasteiger partial charge is 0.505 e. The molecule has 0 saturated heterocycles. The van der Waals surface area contributed by atoms with Crippen LogP contribution in [0.1, 0.15) is 80.6 Å². The Morgan fingerprint density at radius 2 is 1.72 bits per heavy atom. The lowest BCUT2D eigenvalue weighted by Gasteiger charge is -2.29. The van der Waals surface area contributed by atoms with Crippen LogP contribution in [-0.4, -0.2) is 10.2 Å². The minimum Gasteiger partial charge on any atom is -0.505 e. The van der Waals surface area contributed by atoms with Crippen molar-refractivity contribution in [2.45, 2.75) is 70.3 Å². The Balaban J connectivity index is 1.53. The minimum absolute atomic E-state index is 0.0441. The zero-order valence-corrected chi connectivity index (χ0v) is 16.8. The van der Waals surface area contributed by atoms with E-state index < -0.39 is 23.5 Å². The van der Waals surface area contributed by atoms with E-state index in [4.69, 9.17) is 0 Å². The van der Waals surface area contributed by atoms with Gasteiger partial charge in [-0.2, -0.15) is 4.39 Å². The third-order valence-electron chi connectivity index (χ3n) is 6.22. The standard InChI is InChI=1S/C24H29F3O2/c1-2-3-21(28)18-11-10-17(20(25)14-18)9-6-15-4-7-16(8-5-15)19-12-13-22(29)24(27)23(19)26/h10-16,21,28-29H,2-9H2,1H3. The second-order valence-electron chi connectivity index (χ2n) is 8.21. The Morgan fingerprint density at radius 3 is 2.38 bits per heavy atom. The molecule has 1 fully saturated rings. The average Bonchev–Trinajstić information content (AvgIpc) is 2.72. The van der Waals surface area contributed by atoms with Crippen molar-refractivity contribution in [1.29, 1.82) is 0 Å². The third kappa shape index (κ3) is 5.13. The number of hydrogen-bond donors (Lipinski definition) is 2. The van der Waals surface area contributed by atoms with Crippen molar-refractivity contribution in [1.82, 2.24) is 0 Å². The second-order valence-corrected chi connectivity index (χ2v) is 8.21. The molecule has 0 heterocycles. The van der Waals surface area contributed by atoms with Crippen LogP contribution in [-0.2, 0) is 6.42 Å². The molecule has 0 aliphatic heterocycles. The van der Waals surface area contributed by atoms with Gasteiger partial charge in [-0.05, 0) is 85.6 Å². The van der Waals surface area contributed by atoms with Gasteiger partial charge in [0.25, 0.3) is 0 Å². The number of phenolic OH excluding ortho intramolecular Hbond substituents is 1. The van der Waals surface area contributed by atoms with Gasteiger partial charge in [0.15, 0.2) is 11.6 Å². The van der Waals surface area contributed by atoms with Crippen LogP contribution < -0.4 is 0 Å². The van der Waals surface area contributed by atoms with Crippen LogP contribution in [0.5, 0.6) is 5.75 Å². The molecule has 1 aliphatic carbocycles. The molecule has 0 bridgehead atoms. The van der Waals surface area contributed by atoms with Crippen molar-refractivity contribution in [2.75, 3.05) is 0 Å². The summed E-state index contributed by atoms with van der Waals surface area (Å²) in [5, 5.41) is 19.3. The second kappa shape index (κ2) is 9.66. The lowest BCUT2D eigenvalue weighted by molar-refractivity contribution is 0.166. The van der Waals surface area contributed by atoms with Gasteiger partial charge in [0.1, 0.15) is 5.82 Å². The number of hydrogen-bond acceptors (Lipinski definition) is 2. The van der Waals surface area contributed by atoms with Gasteiger partial charge in [-0.1, -0.05) is 31.5 Å². The van der Waals surface area contributed by atoms with E-state index in [1.807, 2.05) is 6.92 Å². The van der Waals surface area contributed by atoms with Gasteiger partial charge in [0, 0.05) is 0 Å². The van der Waals surface area contributed by atoms with E-state index in [9.17, 15) is 23.4 Å². The molecule has 158 valence electrons. The van der Waals surface area contributed by atoms with Crippen molar-refractivity contribution >= 4 is 0 Å². The van der Waals surface area contributed by atoms with E-state index in [0.717, 1.165) is 38.5 Å². The molecule has 1 unspecified atom stereocenters. The summed E-state index contributed by atoms with van der Waals surface area (Å²) in [6.45, 7) is 1.98. The molecule has 1 saturated carbocycles. The number of aliphatic hydroxyl groups excluding tert-OH is 1. The molecule has 5 heteroatoms. The highest BCUT2D eigenvalue weighted by atomic mass is 19.2. The van der Waals surface area contributed by atoms with Gasteiger partial charge in [-0.15, -0.1) is 0 Å². The van der Waals surface area contributed by atoms with Gasteiger partial charge in [-0.25, -0.2) is 8.78 Å². The van der Waals surface area contributed by atoms with Crippen molar-refractivity contribution < 1.29 is 23.4 Å². The lowest BCUT2D eigenvalue weighted by Crippen LogP contribution is -2.15. The van der Waals surface area contributed by atoms with Crippen LogP contribution in [0.25, 0.3) is 0 Å². The Hall–Kier alpha value is -2.01. The van der Waals surface area contributed by atoms with Crippen molar-refractivity contribution in [3.05, 3.63) is 64.5 Å². The number of aromatic hydroxyl groups is 1. The average molecular weight is 406 g/mol. The van der Waals surface area contributed by atoms with E-state index in [2.05, 4.69) is 0 Å². The maximum absolute atomic E-state index is 14.4. The molecule has 0 aromatic heterocycles. The summed E-state index contributed by atoms with van der Waals surface area (Å²) < 4.78 is 42.1. The minimum atomic E-state index is -1.17. The molecule has 2 aromatic carbocycles.